The molecule has 0 saturated carbocycles. The van der Waals surface area contributed by atoms with E-state index in [9.17, 15) is 13.2 Å². The van der Waals surface area contributed by atoms with E-state index in [4.69, 9.17) is 11.6 Å². The number of rotatable bonds is 6. The Hall–Kier alpha value is -0.270. The van der Waals surface area contributed by atoms with Crippen molar-refractivity contribution in [3.05, 3.63) is 15.9 Å². The predicted octanol–water partition coefficient (Wildman–Crippen LogP) is 3.35. The maximum atomic E-state index is 12.5. The normalized spacial score (nSPS) is 12.4. The van der Waals surface area contributed by atoms with Gasteiger partial charge < -0.3 is 0 Å². The van der Waals surface area contributed by atoms with Gasteiger partial charge in [-0.25, -0.2) is 0 Å². The molecule has 0 aliphatic rings. The molecule has 1 rings (SSSR count). The van der Waals surface area contributed by atoms with Gasteiger partial charge in [0.2, 0.25) is 0 Å². The Balaban J connectivity index is 2.87. The zero-order chi connectivity index (χ0) is 14.6. The molecule has 0 unspecified atom stereocenters. The summed E-state index contributed by atoms with van der Waals surface area (Å²) in [6.07, 6.45) is -3.51. The fourth-order valence-electron chi connectivity index (χ4n) is 1.79. The second kappa shape index (κ2) is 6.95. The standard InChI is InChI=1S/C11H16BrClF3N3/c1-3-8-10(12)9(18(2)17-8)6-19(5-4-13)7-11(14,15)16/h3-7H2,1-2H3. The van der Waals surface area contributed by atoms with Gasteiger partial charge in [0, 0.05) is 26.0 Å². The third-order valence-electron chi connectivity index (χ3n) is 2.68. The molecule has 0 N–H and O–H groups in total. The summed E-state index contributed by atoms with van der Waals surface area (Å²) in [5.74, 6) is 0.159. The van der Waals surface area contributed by atoms with Crippen LogP contribution in [0.1, 0.15) is 18.3 Å². The second-order valence-electron chi connectivity index (χ2n) is 4.20. The number of aryl methyl sites for hydroxylation is 2. The highest BCUT2D eigenvalue weighted by Gasteiger charge is 2.31. The summed E-state index contributed by atoms with van der Waals surface area (Å²) in [5.41, 5.74) is 1.57. The highest BCUT2D eigenvalue weighted by Crippen LogP contribution is 2.24. The third kappa shape index (κ3) is 4.96. The summed E-state index contributed by atoms with van der Waals surface area (Å²) in [4.78, 5) is 1.27. The van der Waals surface area contributed by atoms with Crippen molar-refractivity contribution < 1.29 is 13.2 Å². The van der Waals surface area contributed by atoms with Crippen molar-refractivity contribution in [2.75, 3.05) is 19.0 Å². The number of aromatic nitrogens is 2. The summed E-state index contributed by atoms with van der Waals surface area (Å²) in [6, 6.07) is 0. The van der Waals surface area contributed by atoms with E-state index in [2.05, 4.69) is 21.0 Å². The number of hydrogen-bond donors (Lipinski definition) is 0. The van der Waals surface area contributed by atoms with Crippen molar-refractivity contribution in [2.45, 2.75) is 26.1 Å². The Bertz CT molecular complexity index is 420. The maximum Gasteiger partial charge on any atom is 0.401 e. The van der Waals surface area contributed by atoms with E-state index in [1.807, 2.05) is 6.92 Å². The molecule has 0 aliphatic carbocycles. The molecule has 0 bridgehead atoms. The SMILES string of the molecule is CCc1nn(C)c(CN(CCCl)CC(F)(F)F)c1Br. The molecule has 110 valence electrons. The molecule has 0 radical (unpaired) electrons. The highest BCUT2D eigenvalue weighted by atomic mass is 79.9. The quantitative estimate of drug-likeness (QED) is 0.724. The summed E-state index contributed by atoms with van der Waals surface area (Å²) in [5, 5.41) is 4.27. The molecule has 3 nitrogen and oxygen atoms in total. The Morgan fingerprint density at radius 1 is 1.42 bits per heavy atom. The van der Waals surface area contributed by atoms with Crippen LogP contribution in [-0.4, -0.2) is 39.8 Å². The van der Waals surface area contributed by atoms with E-state index >= 15 is 0 Å². The van der Waals surface area contributed by atoms with Crippen LogP contribution in [-0.2, 0) is 20.0 Å². The second-order valence-corrected chi connectivity index (χ2v) is 5.37. The first-order chi connectivity index (χ1) is 8.78. The molecule has 0 aliphatic heterocycles. The molecule has 19 heavy (non-hydrogen) atoms. The molecule has 0 fully saturated rings. The van der Waals surface area contributed by atoms with Crippen LogP contribution >= 0.6 is 27.5 Å². The van der Waals surface area contributed by atoms with Crippen LogP contribution in [0, 0.1) is 0 Å². The van der Waals surface area contributed by atoms with Gasteiger partial charge in [0.25, 0.3) is 0 Å². The van der Waals surface area contributed by atoms with Crippen molar-refractivity contribution in [3.63, 3.8) is 0 Å². The molecule has 1 aromatic heterocycles. The van der Waals surface area contributed by atoms with Crippen molar-refractivity contribution >= 4 is 27.5 Å². The topological polar surface area (TPSA) is 21.1 Å². The first-order valence-electron chi connectivity index (χ1n) is 5.83. The Morgan fingerprint density at radius 3 is 2.47 bits per heavy atom. The summed E-state index contributed by atoms with van der Waals surface area (Å²) in [6.45, 7) is 1.32. The largest absolute Gasteiger partial charge is 0.401 e. The molecule has 8 heteroatoms. The van der Waals surface area contributed by atoms with Gasteiger partial charge in [0.05, 0.1) is 22.4 Å². The van der Waals surface area contributed by atoms with Crippen molar-refractivity contribution in [3.8, 4) is 0 Å². The Kier molecular flexibility index (Phi) is 6.14. The fraction of sp³-hybridized carbons (Fsp3) is 0.727. The minimum absolute atomic E-state index is 0.159. The third-order valence-corrected chi connectivity index (χ3v) is 3.76. The van der Waals surface area contributed by atoms with Gasteiger partial charge in [-0.05, 0) is 22.4 Å². The highest BCUT2D eigenvalue weighted by molar-refractivity contribution is 9.10. The molecule has 1 aromatic rings. The van der Waals surface area contributed by atoms with Gasteiger partial charge >= 0.3 is 6.18 Å². The maximum absolute atomic E-state index is 12.5. The van der Waals surface area contributed by atoms with Gasteiger partial charge in [-0.15, -0.1) is 11.6 Å². The number of halogens is 5. The molecular formula is C11H16BrClF3N3. The summed E-state index contributed by atoms with van der Waals surface area (Å²) >= 11 is 8.96. The summed E-state index contributed by atoms with van der Waals surface area (Å²) in [7, 11) is 1.73. The monoisotopic (exact) mass is 361 g/mol. The lowest BCUT2D eigenvalue weighted by Gasteiger charge is -2.22. The average Bonchev–Trinajstić information content (AvgIpc) is 2.54. The first-order valence-corrected chi connectivity index (χ1v) is 7.16. The number of nitrogens with zero attached hydrogens (tertiary/aromatic N) is 3. The van der Waals surface area contributed by atoms with E-state index in [1.54, 1.807) is 11.7 Å². The van der Waals surface area contributed by atoms with Crippen molar-refractivity contribution in [2.24, 2.45) is 7.05 Å². The Morgan fingerprint density at radius 2 is 2.05 bits per heavy atom. The number of alkyl halides is 4. The Labute approximate surface area is 123 Å². The molecule has 0 spiro atoms. The van der Waals surface area contributed by atoms with E-state index in [0.717, 1.165) is 22.3 Å². The molecular weight excluding hydrogens is 346 g/mol. The van der Waals surface area contributed by atoms with Gasteiger partial charge in [-0.3, -0.25) is 9.58 Å². The van der Waals surface area contributed by atoms with Gasteiger partial charge in [0.15, 0.2) is 0 Å². The van der Waals surface area contributed by atoms with E-state index in [-0.39, 0.29) is 19.0 Å². The van der Waals surface area contributed by atoms with Crippen molar-refractivity contribution in [1.29, 1.82) is 0 Å². The lowest BCUT2D eigenvalue weighted by Crippen LogP contribution is -2.35. The van der Waals surface area contributed by atoms with Gasteiger partial charge in [-0.1, -0.05) is 6.92 Å². The molecule has 0 aromatic carbocycles. The van der Waals surface area contributed by atoms with Crippen LogP contribution in [0.5, 0.6) is 0 Å². The summed E-state index contributed by atoms with van der Waals surface area (Å²) < 4.78 is 39.8. The van der Waals surface area contributed by atoms with Gasteiger partial charge in [0.1, 0.15) is 0 Å². The van der Waals surface area contributed by atoms with Crippen LogP contribution < -0.4 is 0 Å². The van der Waals surface area contributed by atoms with Crippen LogP contribution in [0.15, 0.2) is 4.47 Å². The van der Waals surface area contributed by atoms with Gasteiger partial charge in [-0.2, -0.15) is 18.3 Å². The molecule has 1 heterocycles. The van der Waals surface area contributed by atoms with Crippen LogP contribution in [0.25, 0.3) is 0 Å². The fourth-order valence-corrected chi connectivity index (χ4v) is 2.77. The van der Waals surface area contributed by atoms with E-state index in [0.29, 0.717) is 0 Å². The zero-order valence-corrected chi connectivity index (χ0v) is 13.1. The molecule has 0 saturated heterocycles. The van der Waals surface area contributed by atoms with Crippen LogP contribution in [0.2, 0.25) is 0 Å². The first kappa shape index (κ1) is 16.8. The lowest BCUT2D eigenvalue weighted by molar-refractivity contribution is -0.146. The van der Waals surface area contributed by atoms with E-state index < -0.39 is 12.7 Å². The predicted molar refractivity (Wildman–Crippen MR) is 72.3 cm³/mol. The molecule has 0 amide bonds. The lowest BCUT2D eigenvalue weighted by atomic mass is 10.3. The molecule has 0 atom stereocenters. The van der Waals surface area contributed by atoms with Crippen LogP contribution in [0.3, 0.4) is 0 Å². The van der Waals surface area contributed by atoms with Crippen LogP contribution in [0.4, 0.5) is 13.2 Å². The number of hydrogen-bond acceptors (Lipinski definition) is 2. The van der Waals surface area contributed by atoms with Crippen molar-refractivity contribution in [1.82, 2.24) is 14.7 Å². The minimum Gasteiger partial charge on any atom is -0.288 e. The minimum atomic E-state index is -4.23. The van der Waals surface area contributed by atoms with E-state index in [1.165, 1.54) is 4.90 Å². The average molecular weight is 363 g/mol. The zero-order valence-electron chi connectivity index (χ0n) is 10.8. The smallest absolute Gasteiger partial charge is 0.288 e.